The lowest BCUT2D eigenvalue weighted by atomic mass is 9.48. The molecule has 0 bridgehead atoms. The van der Waals surface area contributed by atoms with Crippen molar-refractivity contribution in [2.45, 2.75) is 71.3 Å². The van der Waals surface area contributed by atoms with E-state index in [4.69, 9.17) is 0 Å². The van der Waals surface area contributed by atoms with Crippen LogP contribution in [-0.4, -0.2) is 17.0 Å². The summed E-state index contributed by atoms with van der Waals surface area (Å²) < 4.78 is 0. The fourth-order valence-electron chi connectivity index (χ4n) is 6.41. The molecule has 0 aromatic heterocycles. The van der Waals surface area contributed by atoms with Crippen molar-refractivity contribution in [3.8, 4) is 0 Å². The smallest absolute Gasteiger partial charge is 0.139 e. The Balaban J connectivity index is 1.69. The van der Waals surface area contributed by atoms with Gasteiger partial charge in [-0.05, 0) is 68.1 Å². The second kappa shape index (κ2) is 4.44. The first-order valence-electron chi connectivity index (χ1n) is 8.86. The van der Waals surface area contributed by atoms with Crippen LogP contribution in [0.3, 0.4) is 0 Å². The molecule has 21 heavy (non-hydrogen) atoms. The average Bonchev–Trinajstić information content (AvgIpc) is 2.76. The molecule has 2 heteroatoms. The van der Waals surface area contributed by atoms with Gasteiger partial charge >= 0.3 is 0 Å². The van der Waals surface area contributed by atoms with Gasteiger partial charge in [-0.3, -0.25) is 4.79 Å². The minimum Gasteiger partial charge on any atom is -0.393 e. The van der Waals surface area contributed by atoms with Gasteiger partial charge in [0.25, 0.3) is 0 Å². The molecule has 6 atom stereocenters. The Kier molecular flexibility index (Phi) is 2.96. The van der Waals surface area contributed by atoms with Crippen molar-refractivity contribution in [1.82, 2.24) is 0 Å². The highest BCUT2D eigenvalue weighted by molar-refractivity contribution is 5.87. The molecule has 3 saturated carbocycles. The number of carbonyl (C=O) groups excluding carboxylic acids is 1. The summed E-state index contributed by atoms with van der Waals surface area (Å²) in [4.78, 5) is 12.4. The molecule has 116 valence electrons. The van der Waals surface area contributed by atoms with Crippen LogP contribution in [0.1, 0.15) is 65.2 Å². The Hall–Kier alpha value is -0.630. The molecule has 0 aliphatic heterocycles. The highest BCUT2D eigenvalue weighted by Gasteiger charge is 2.58. The van der Waals surface area contributed by atoms with Crippen LogP contribution in [0.15, 0.2) is 11.6 Å². The zero-order valence-corrected chi connectivity index (χ0v) is 13.4. The molecule has 0 aromatic carbocycles. The third-order valence-corrected chi connectivity index (χ3v) is 7.79. The zero-order valence-electron chi connectivity index (χ0n) is 13.4. The molecule has 3 fully saturated rings. The Morgan fingerprint density at radius 2 is 1.81 bits per heavy atom. The summed E-state index contributed by atoms with van der Waals surface area (Å²) in [5, 5.41) is 10.00. The largest absolute Gasteiger partial charge is 0.393 e. The van der Waals surface area contributed by atoms with E-state index in [0.29, 0.717) is 23.0 Å². The summed E-state index contributed by atoms with van der Waals surface area (Å²) in [6.07, 6.45) is 10.7. The van der Waals surface area contributed by atoms with Crippen LogP contribution in [0, 0.1) is 28.6 Å². The van der Waals surface area contributed by atoms with Crippen LogP contribution in [-0.2, 0) is 4.79 Å². The molecule has 0 radical (unpaired) electrons. The standard InChI is InChI=1S/C19H28O2/c1-18-9-7-13(20)11-12(18)3-4-14-15-5-6-17(21)19(15,2)10-8-16(14)18/h3,13-16,20H,4-11H2,1-2H3/t13-,14-,15-,16+,18-,19-/m0/s1. The van der Waals surface area contributed by atoms with Gasteiger partial charge in [-0.25, -0.2) is 0 Å². The van der Waals surface area contributed by atoms with Gasteiger partial charge in [0.05, 0.1) is 6.10 Å². The lowest BCUT2D eigenvalue weighted by Crippen LogP contribution is -2.50. The Morgan fingerprint density at radius 3 is 2.62 bits per heavy atom. The van der Waals surface area contributed by atoms with Gasteiger partial charge < -0.3 is 5.11 Å². The fourth-order valence-corrected chi connectivity index (χ4v) is 6.41. The van der Waals surface area contributed by atoms with E-state index in [9.17, 15) is 9.90 Å². The minimum absolute atomic E-state index is 0.0168. The normalized spacial score (nSPS) is 52.7. The molecular formula is C19H28O2. The minimum atomic E-state index is -0.122. The molecule has 1 N–H and O–H groups in total. The van der Waals surface area contributed by atoms with Crippen molar-refractivity contribution >= 4 is 5.78 Å². The maximum absolute atomic E-state index is 12.4. The molecule has 4 aliphatic carbocycles. The third kappa shape index (κ3) is 1.78. The topological polar surface area (TPSA) is 37.3 Å². The molecule has 0 spiro atoms. The molecule has 4 rings (SSSR count). The van der Waals surface area contributed by atoms with E-state index in [-0.39, 0.29) is 11.5 Å². The Labute approximate surface area is 128 Å². The first kappa shape index (κ1) is 14.0. The summed E-state index contributed by atoms with van der Waals surface area (Å²) in [5.41, 5.74) is 1.81. The van der Waals surface area contributed by atoms with Crippen LogP contribution < -0.4 is 0 Å². The van der Waals surface area contributed by atoms with E-state index in [2.05, 4.69) is 19.9 Å². The zero-order chi connectivity index (χ0) is 14.8. The number of allylic oxidation sites excluding steroid dienone is 1. The van der Waals surface area contributed by atoms with Gasteiger partial charge in [0, 0.05) is 11.8 Å². The van der Waals surface area contributed by atoms with Gasteiger partial charge in [0.2, 0.25) is 0 Å². The van der Waals surface area contributed by atoms with E-state index in [1.54, 1.807) is 0 Å². The third-order valence-electron chi connectivity index (χ3n) is 7.79. The molecule has 4 aliphatic rings. The van der Waals surface area contributed by atoms with Gasteiger partial charge in [-0.15, -0.1) is 0 Å². The van der Waals surface area contributed by atoms with Crippen LogP contribution >= 0.6 is 0 Å². The lowest BCUT2D eigenvalue weighted by Gasteiger charge is -2.56. The predicted octanol–water partition coefficient (Wildman–Crippen LogP) is 3.88. The van der Waals surface area contributed by atoms with Crippen molar-refractivity contribution in [3.63, 3.8) is 0 Å². The number of Topliss-reactive ketones (excluding diaryl/α,β-unsaturated/α-hetero) is 1. The van der Waals surface area contributed by atoms with E-state index in [1.807, 2.05) is 0 Å². The highest BCUT2D eigenvalue weighted by Crippen LogP contribution is 2.63. The molecular weight excluding hydrogens is 260 g/mol. The quantitative estimate of drug-likeness (QED) is 0.687. The second-order valence-electron chi connectivity index (χ2n) is 8.57. The SMILES string of the molecule is C[C@]12CC[C@H](O)CC1=CC[C@@H]1[C@H]2CC[C@]2(C)C(=O)CC[C@@H]12. The van der Waals surface area contributed by atoms with Gasteiger partial charge in [0.15, 0.2) is 0 Å². The van der Waals surface area contributed by atoms with Gasteiger partial charge in [-0.1, -0.05) is 25.5 Å². The van der Waals surface area contributed by atoms with Crippen LogP contribution in [0.4, 0.5) is 0 Å². The number of ketones is 1. The fraction of sp³-hybridized carbons (Fsp3) is 0.842. The summed E-state index contributed by atoms with van der Waals surface area (Å²) in [7, 11) is 0. The summed E-state index contributed by atoms with van der Waals surface area (Å²) >= 11 is 0. The Bertz CT molecular complexity index is 508. The maximum Gasteiger partial charge on any atom is 0.139 e. The first-order chi connectivity index (χ1) is 9.95. The summed E-state index contributed by atoms with van der Waals surface area (Å²) in [6, 6.07) is 0. The van der Waals surface area contributed by atoms with E-state index >= 15 is 0 Å². The van der Waals surface area contributed by atoms with E-state index in [1.165, 1.54) is 12.0 Å². The van der Waals surface area contributed by atoms with Gasteiger partial charge in [-0.2, -0.15) is 0 Å². The van der Waals surface area contributed by atoms with Crippen molar-refractivity contribution in [1.29, 1.82) is 0 Å². The molecule has 0 amide bonds. The highest BCUT2D eigenvalue weighted by atomic mass is 16.3. The molecule has 0 saturated heterocycles. The number of aliphatic hydroxyl groups excluding tert-OH is 1. The number of fused-ring (bicyclic) bond motifs is 5. The second-order valence-corrected chi connectivity index (χ2v) is 8.57. The number of hydrogen-bond donors (Lipinski definition) is 1. The van der Waals surface area contributed by atoms with Crippen LogP contribution in [0.25, 0.3) is 0 Å². The van der Waals surface area contributed by atoms with Crippen molar-refractivity contribution in [3.05, 3.63) is 11.6 Å². The molecule has 0 heterocycles. The monoisotopic (exact) mass is 288 g/mol. The molecule has 0 aromatic rings. The lowest BCUT2D eigenvalue weighted by molar-refractivity contribution is -0.132. The van der Waals surface area contributed by atoms with Crippen LogP contribution in [0.5, 0.6) is 0 Å². The molecule has 2 nitrogen and oxygen atoms in total. The van der Waals surface area contributed by atoms with Crippen LogP contribution in [0.2, 0.25) is 0 Å². The average molecular weight is 288 g/mol. The molecule has 0 unspecified atom stereocenters. The van der Waals surface area contributed by atoms with Gasteiger partial charge in [0.1, 0.15) is 5.78 Å². The summed E-state index contributed by atoms with van der Waals surface area (Å²) in [5.74, 6) is 2.60. The van der Waals surface area contributed by atoms with Crippen molar-refractivity contribution < 1.29 is 9.90 Å². The Morgan fingerprint density at radius 1 is 1.10 bits per heavy atom. The predicted molar refractivity (Wildman–Crippen MR) is 82.7 cm³/mol. The number of aliphatic hydroxyl groups is 1. The number of hydrogen-bond acceptors (Lipinski definition) is 2. The first-order valence-corrected chi connectivity index (χ1v) is 8.86. The van der Waals surface area contributed by atoms with Crippen molar-refractivity contribution in [2.24, 2.45) is 28.6 Å². The maximum atomic E-state index is 12.4. The van der Waals surface area contributed by atoms with E-state index in [0.717, 1.165) is 50.9 Å². The van der Waals surface area contributed by atoms with E-state index < -0.39 is 0 Å². The summed E-state index contributed by atoms with van der Waals surface area (Å²) in [6.45, 7) is 4.69. The number of rotatable bonds is 0. The van der Waals surface area contributed by atoms with Crippen molar-refractivity contribution in [2.75, 3.05) is 0 Å². The number of carbonyl (C=O) groups is 1.